The topological polar surface area (TPSA) is 63.1 Å². The Morgan fingerprint density at radius 1 is 1.21 bits per heavy atom. The third kappa shape index (κ3) is 3.85. The van der Waals surface area contributed by atoms with Crippen LogP contribution in [-0.4, -0.2) is 51.2 Å². The molecule has 1 aliphatic heterocycles. The van der Waals surface area contributed by atoms with Gasteiger partial charge in [-0.05, 0) is 19.9 Å². The molecule has 1 atom stereocenters. The van der Waals surface area contributed by atoms with E-state index in [1.807, 2.05) is 55.3 Å². The SMILES string of the molecule is Cc1nn(C)c2nc(-c3ccccc3)cc(C(=O)N3CCNC[C@@H]3C)c12.Cl.Cl. The van der Waals surface area contributed by atoms with Crippen LogP contribution in [0.2, 0.25) is 0 Å². The molecule has 1 aliphatic rings. The minimum atomic E-state index is 0. The Morgan fingerprint density at radius 2 is 1.93 bits per heavy atom. The van der Waals surface area contributed by atoms with Gasteiger partial charge in [-0.15, -0.1) is 24.8 Å². The maximum absolute atomic E-state index is 13.4. The lowest BCUT2D eigenvalue weighted by Crippen LogP contribution is -2.52. The molecule has 3 heterocycles. The summed E-state index contributed by atoms with van der Waals surface area (Å²) in [5, 5.41) is 8.69. The van der Waals surface area contributed by atoms with E-state index in [0.29, 0.717) is 12.1 Å². The molecule has 1 amide bonds. The molecule has 0 unspecified atom stereocenters. The number of aryl methyl sites for hydroxylation is 2. The minimum absolute atomic E-state index is 0. The summed E-state index contributed by atoms with van der Waals surface area (Å²) >= 11 is 0. The second-order valence-electron chi connectivity index (χ2n) is 6.88. The van der Waals surface area contributed by atoms with Crippen molar-refractivity contribution in [3.05, 3.63) is 47.7 Å². The number of amides is 1. The summed E-state index contributed by atoms with van der Waals surface area (Å²) in [7, 11) is 1.87. The van der Waals surface area contributed by atoms with Gasteiger partial charge in [-0.1, -0.05) is 30.3 Å². The number of fused-ring (bicyclic) bond motifs is 1. The third-order valence-corrected chi connectivity index (χ3v) is 5.03. The van der Waals surface area contributed by atoms with E-state index in [-0.39, 0.29) is 36.8 Å². The number of rotatable bonds is 2. The molecule has 28 heavy (non-hydrogen) atoms. The number of halogens is 2. The van der Waals surface area contributed by atoms with Gasteiger partial charge in [-0.2, -0.15) is 5.10 Å². The number of pyridine rings is 1. The van der Waals surface area contributed by atoms with E-state index >= 15 is 0 Å². The van der Waals surface area contributed by atoms with Crippen LogP contribution in [0.25, 0.3) is 22.3 Å². The second-order valence-corrected chi connectivity index (χ2v) is 6.88. The molecule has 0 spiro atoms. The van der Waals surface area contributed by atoms with Crippen molar-refractivity contribution in [1.82, 2.24) is 25.0 Å². The predicted molar refractivity (Wildman–Crippen MR) is 117 cm³/mol. The van der Waals surface area contributed by atoms with Crippen LogP contribution >= 0.6 is 24.8 Å². The zero-order valence-electron chi connectivity index (χ0n) is 16.2. The lowest BCUT2D eigenvalue weighted by Gasteiger charge is -2.34. The first kappa shape index (κ1) is 22.1. The van der Waals surface area contributed by atoms with E-state index in [0.717, 1.165) is 41.1 Å². The van der Waals surface area contributed by atoms with Crippen LogP contribution in [0.3, 0.4) is 0 Å². The van der Waals surface area contributed by atoms with Gasteiger partial charge >= 0.3 is 0 Å². The Bertz CT molecular complexity index is 974. The normalized spacial score (nSPS) is 16.4. The maximum Gasteiger partial charge on any atom is 0.255 e. The number of benzene rings is 1. The molecule has 4 rings (SSSR count). The highest BCUT2D eigenvalue weighted by molar-refractivity contribution is 6.07. The number of nitrogens with one attached hydrogen (secondary N) is 1. The number of carbonyl (C=O) groups excluding carboxylic acids is 1. The van der Waals surface area contributed by atoms with Crippen LogP contribution in [-0.2, 0) is 7.05 Å². The van der Waals surface area contributed by atoms with Gasteiger partial charge in [0.15, 0.2) is 5.65 Å². The molecule has 1 aromatic carbocycles. The average Bonchev–Trinajstić information content (AvgIpc) is 2.95. The van der Waals surface area contributed by atoms with Gasteiger partial charge in [0.05, 0.1) is 22.3 Å². The highest BCUT2D eigenvalue weighted by Gasteiger charge is 2.27. The Labute approximate surface area is 177 Å². The number of nitrogens with zero attached hydrogens (tertiary/aromatic N) is 4. The lowest BCUT2D eigenvalue weighted by atomic mass is 10.0. The van der Waals surface area contributed by atoms with Crippen LogP contribution in [0.4, 0.5) is 0 Å². The quantitative estimate of drug-likeness (QED) is 0.689. The molecule has 0 bridgehead atoms. The summed E-state index contributed by atoms with van der Waals surface area (Å²) in [4.78, 5) is 20.1. The molecule has 6 nitrogen and oxygen atoms in total. The summed E-state index contributed by atoms with van der Waals surface area (Å²) in [5.41, 5.74) is 4.06. The van der Waals surface area contributed by atoms with E-state index in [4.69, 9.17) is 4.98 Å². The fraction of sp³-hybridized carbons (Fsp3) is 0.350. The first-order chi connectivity index (χ1) is 12.6. The van der Waals surface area contributed by atoms with Gasteiger partial charge < -0.3 is 10.2 Å². The van der Waals surface area contributed by atoms with E-state index in [1.54, 1.807) is 4.68 Å². The molecule has 8 heteroatoms. The van der Waals surface area contributed by atoms with Crippen molar-refractivity contribution in [3.8, 4) is 11.3 Å². The molecule has 2 aromatic heterocycles. The van der Waals surface area contributed by atoms with Crippen molar-refractivity contribution in [2.24, 2.45) is 7.05 Å². The van der Waals surface area contributed by atoms with E-state index in [9.17, 15) is 4.79 Å². The Balaban J connectivity index is 0.00000140. The summed E-state index contributed by atoms with van der Waals surface area (Å²) in [6.07, 6.45) is 0. The predicted octanol–water partition coefficient (Wildman–Crippen LogP) is 3.22. The number of piperazine rings is 1. The summed E-state index contributed by atoms with van der Waals surface area (Å²) in [6.45, 7) is 6.37. The van der Waals surface area contributed by atoms with Crippen molar-refractivity contribution < 1.29 is 4.79 Å². The fourth-order valence-corrected chi connectivity index (χ4v) is 3.67. The van der Waals surface area contributed by atoms with Gasteiger partial charge in [0.25, 0.3) is 5.91 Å². The minimum Gasteiger partial charge on any atom is -0.333 e. The largest absolute Gasteiger partial charge is 0.333 e. The molecule has 0 radical (unpaired) electrons. The summed E-state index contributed by atoms with van der Waals surface area (Å²) < 4.78 is 1.76. The molecule has 3 aromatic rings. The Morgan fingerprint density at radius 3 is 2.61 bits per heavy atom. The van der Waals surface area contributed by atoms with Crippen molar-refractivity contribution >= 4 is 41.8 Å². The zero-order valence-corrected chi connectivity index (χ0v) is 17.8. The molecule has 1 saturated heterocycles. The van der Waals surface area contributed by atoms with Crippen LogP contribution in [0.1, 0.15) is 23.0 Å². The van der Waals surface area contributed by atoms with E-state index < -0.39 is 0 Å². The summed E-state index contributed by atoms with van der Waals surface area (Å²) in [6, 6.07) is 12.0. The van der Waals surface area contributed by atoms with Gasteiger partial charge in [0.2, 0.25) is 0 Å². The maximum atomic E-state index is 13.4. The van der Waals surface area contributed by atoms with Gasteiger partial charge in [0.1, 0.15) is 0 Å². The van der Waals surface area contributed by atoms with Crippen molar-refractivity contribution in [2.45, 2.75) is 19.9 Å². The zero-order chi connectivity index (χ0) is 18.3. The fourth-order valence-electron chi connectivity index (χ4n) is 3.67. The number of carbonyl (C=O) groups is 1. The molecule has 1 N–H and O–H groups in total. The average molecular weight is 422 g/mol. The molecular formula is C20H25Cl2N5O. The standard InChI is InChI=1S/C20H23N5O.2ClH/c1-13-12-21-9-10-25(13)20(26)16-11-17(15-7-5-4-6-8-15)22-19-18(16)14(2)23-24(19)3;;/h4-8,11,13,21H,9-10,12H2,1-3H3;2*1H/t13-;;/m0../s1. The molecule has 150 valence electrons. The monoisotopic (exact) mass is 421 g/mol. The van der Waals surface area contributed by atoms with E-state index in [1.165, 1.54) is 0 Å². The smallest absolute Gasteiger partial charge is 0.255 e. The number of aromatic nitrogens is 3. The first-order valence-electron chi connectivity index (χ1n) is 8.97. The van der Waals surface area contributed by atoms with Crippen molar-refractivity contribution in [1.29, 1.82) is 0 Å². The van der Waals surface area contributed by atoms with Gasteiger partial charge in [0, 0.05) is 38.3 Å². The van der Waals surface area contributed by atoms with E-state index in [2.05, 4.69) is 17.3 Å². The molecule has 1 fully saturated rings. The van der Waals surface area contributed by atoms with Crippen LogP contribution < -0.4 is 5.32 Å². The van der Waals surface area contributed by atoms with Gasteiger partial charge in [-0.25, -0.2) is 4.98 Å². The molecule has 0 aliphatic carbocycles. The first-order valence-corrected chi connectivity index (χ1v) is 8.97. The number of hydrogen-bond donors (Lipinski definition) is 1. The van der Waals surface area contributed by atoms with Crippen molar-refractivity contribution in [2.75, 3.05) is 19.6 Å². The third-order valence-electron chi connectivity index (χ3n) is 5.03. The second kappa shape index (κ2) is 8.90. The highest BCUT2D eigenvalue weighted by Crippen LogP contribution is 2.28. The lowest BCUT2D eigenvalue weighted by molar-refractivity contribution is 0.0657. The number of hydrogen-bond acceptors (Lipinski definition) is 4. The molecular weight excluding hydrogens is 397 g/mol. The van der Waals surface area contributed by atoms with Crippen LogP contribution in [0.5, 0.6) is 0 Å². The van der Waals surface area contributed by atoms with Gasteiger partial charge in [-0.3, -0.25) is 9.48 Å². The van der Waals surface area contributed by atoms with Crippen LogP contribution in [0, 0.1) is 6.92 Å². The Kier molecular flexibility index (Phi) is 7.04. The van der Waals surface area contributed by atoms with Crippen molar-refractivity contribution in [3.63, 3.8) is 0 Å². The molecule has 0 saturated carbocycles. The summed E-state index contributed by atoms with van der Waals surface area (Å²) in [5.74, 6) is 0.0553. The highest BCUT2D eigenvalue weighted by atomic mass is 35.5. The van der Waals surface area contributed by atoms with Crippen LogP contribution in [0.15, 0.2) is 36.4 Å². The Hall–Kier alpha value is -2.15.